The molecule has 1 aliphatic rings. The third-order valence-electron chi connectivity index (χ3n) is 7.83. The SMILES string of the molecule is CCCCCCCCCCCCOC(=O)/C=C1\NCC(CCC)(Cc2ccccc2)c2c(C)cccc21. The Kier molecular flexibility index (Phi) is 12.3. The van der Waals surface area contributed by atoms with Crippen LogP contribution in [-0.2, 0) is 21.4 Å². The van der Waals surface area contributed by atoms with E-state index in [-0.39, 0.29) is 11.4 Å². The van der Waals surface area contributed by atoms with Crippen LogP contribution >= 0.6 is 0 Å². The number of hydrogen-bond donors (Lipinski definition) is 1. The van der Waals surface area contributed by atoms with Crippen LogP contribution in [0.4, 0.5) is 0 Å². The Labute approximate surface area is 226 Å². The van der Waals surface area contributed by atoms with Crippen LogP contribution in [0.15, 0.2) is 54.6 Å². The number of unbranched alkanes of at least 4 members (excludes halogenated alkanes) is 9. The van der Waals surface area contributed by atoms with Crippen molar-refractivity contribution in [1.29, 1.82) is 0 Å². The number of carbonyl (C=O) groups excluding carboxylic acids is 1. The van der Waals surface area contributed by atoms with Crippen molar-refractivity contribution in [3.63, 3.8) is 0 Å². The minimum Gasteiger partial charge on any atom is -0.462 e. The highest BCUT2D eigenvalue weighted by atomic mass is 16.5. The van der Waals surface area contributed by atoms with E-state index in [9.17, 15) is 4.79 Å². The van der Waals surface area contributed by atoms with E-state index in [0.29, 0.717) is 6.61 Å². The highest BCUT2D eigenvalue weighted by molar-refractivity contribution is 5.92. The van der Waals surface area contributed by atoms with Crippen LogP contribution in [0.1, 0.15) is 113 Å². The normalized spacial score (nSPS) is 17.9. The molecule has 1 unspecified atom stereocenters. The first kappa shape index (κ1) is 29.0. The first-order valence-corrected chi connectivity index (χ1v) is 14.9. The molecule has 0 saturated heterocycles. The lowest BCUT2D eigenvalue weighted by Gasteiger charge is -2.42. The van der Waals surface area contributed by atoms with Gasteiger partial charge in [-0.05, 0) is 42.9 Å². The average molecular weight is 504 g/mol. The van der Waals surface area contributed by atoms with Crippen molar-refractivity contribution in [3.8, 4) is 0 Å². The van der Waals surface area contributed by atoms with Crippen LogP contribution in [-0.4, -0.2) is 19.1 Å². The molecule has 0 bridgehead atoms. The van der Waals surface area contributed by atoms with E-state index < -0.39 is 0 Å². The van der Waals surface area contributed by atoms with E-state index in [1.54, 1.807) is 6.08 Å². The van der Waals surface area contributed by atoms with Gasteiger partial charge < -0.3 is 10.1 Å². The largest absolute Gasteiger partial charge is 0.462 e. The smallest absolute Gasteiger partial charge is 0.332 e. The molecule has 1 atom stereocenters. The van der Waals surface area contributed by atoms with E-state index >= 15 is 0 Å². The van der Waals surface area contributed by atoms with Gasteiger partial charge in [0.25, 0.3) is 0 Å². The van der Waals surface area contributed by atoms with Gasteiger partial charge in [-0.2, -0.15) is 0 Å². The van der Waals surface area contributed by atoms with Gasteiger partial charge in [-0.1, -0.05) is 127 Å². The second-order valence-electron chi connectivity index (χ2n) is 11.0. The zero-order chi connectivity index (χ0) is 26.3. The maximum atomic E-state index is 12.7. The Morgan fingerprint density at radius 2 is 1.54 bits per heavy atom. The summed E-state index contributed by atoms with van der Waals surface area (Å²) in [5.74, 6) is -0.239. The molecule has 2 aromatic rings. The molecule has 0 aliphatic carbocycles. The highest BCUT2D eigenvalue weighted by Crippen LogP contribution is 2.42. The summed E-state index contributed by atoms with van der Waals surface area (Å²) in [5.41, 5.74) is 6.09. The zero-order valence-electron chi connectivity index (χ0n) is 23.6. The maximum Gasteiger partial charge on any atom is 0.332 e. The Balaban J connectivity index is 1.56. The number of carbonyl (C=O) groups is 1. The Bertz CT molecular complexity index is 981. The minimum absolute atomic E-state index is 0.00796. The van der Waals surface area contributed by atoms with Crippen molar-refractivity contribution in [3.05, 3.63) is 76.9 Å². The van der Waals surface area contributed by atoms with E-state index in [1.165, 1.54) is 68.1 Å². The predicted octanol–water partition coefficient (Wildman–Crippen LogP) is 8.68. The van der Waals surface area contributed by atoms with Crippen molar-refractivity contribution >= 4 is 11.7 Å². The Morgan fingerprint density at radius 1 is 0.865 bits per heavy atom. The van der Waals surface area contributed by atoms with Gasteiger partial charge in [0.05, 0.1) is 6.61 Å². The summed E-state index contributed by atoms with van der Waals surface area (Å²) in [6.07, 6.45) is 17.6. The zero-order valence-corrected chi connectivity index (χ0v) is 23.6. The minimum atomic E-state index is -0.239. The number of nitrogens with one attached hydrogen (secondary N) is 1. The quantitative estimate of drug-likeness (QED) is 0.141. The lowest BCUT2D eigenvalue weighted by Crippen LogP contribution is -2.45. The fraction of sp³-hybridized carbons (Fsp3) is 0.559. The number of aryl methyl sites for hydroxylation is 1. The highest BCUT2D eigenvalue weighted by Gasteiger charge is 2.38. The van der Waals surface area contributed by atoms with Gasteiger partial charge in [0, 0.05) is 29.3 Å². The maximum absolute atomic E-state index is 12.7. The van der Waals surface area contributed by atoms with Crippen LogP contribution in [0.25, 0.3) is 5.70 Å². The first-order valence-electron chi connectivity index (χ1n) is 14.9. The molecule has 1 aliphatic heterocycles. The van der Waals surface area contributed by atoms with Gasteiger partial charge >= 0.3 is 5.97 Å². The van der Waals surface area contributed by atoms with Gasteiger partial charge in [0.2, 0.25) is 0 Å². The molecule has 0 aromatic heterocycles. The molecule has 3 heteroatoms. The number of ether oxygens (including phenoxy) is 1. The summed E-state index contributed by atoms with van der Waals surface area (Å²) in [6.45, 7) is 8.07. The number of benzene rings is 2. The summed E-state index contributed by atoms with van der Waals surface area (Å²) in [4.78, 5) is 12.7. The third-order valence-corrected chi connectivity index (χ3v) is 7.83. The fourth-order valence-electron chi connectivity index (χ4n) is 6.01. The van der Waals surface area contributed by atoms with Gasteiger partial charge in [-0.25, -0.2) is 4.79 Å². The molecule has 2 aromatic carbocycles. The van der Waals surface area contributed by atoms with Gasteiger partial charge in [0.15, 0.2) is 0 Å². The summed E-state index contributed by atoms with van der Waals surface area (Å²) >= 11 is 0. The lowest BCUT2D eigenvalue weighted by atomic mass is 9.67. The third kappa shape index (κ3) is 8.76. The molecule has 0 radical (unpaired) electrons. The molecule has 3 rings (SSSR count). The Hall–Kier alpha value is -2.55. The second kappa shape index (κ2) is 15.6. The van der Waals surface area contributed by atoms with Gasteiger partial charge in [-0.15, -0.1) is 0 Å². The molecule has 0 amide bonds. The van der Waals surface area contributed by atoms with Crippen LogP contribution in [0.3, 0.4) is 0 Å². The molecule has 0 saturated carbocycles. The summed E-state index contributed by atoms with van der Waals surface area (Å²) in [6, 6.07) is 17.3. The second-order valence-corrected chi connectivity index (χ2v) is 11.0. The molecule has 0 spiro atoms. The van der Waals surface area contributed by atoms with Crippen LogP contribution in [0.2, 0.25) is 0 Å². The van der Waals surface area contributed by atoms with Crippen molar-refractivity contribution < 1.29 is 9.53 Å². The molecule has 1 heterocycles. The van der Waals surface area contributed by atoms with E-state index in [2.05, 4.69) is 74.6 Å². The van der Waals surface area contributed by atoms with E-state index in [1.807, 2.05) is 0 Å². The van der Waals surface area contributed by atoms with Crippen molar-refractivity contribution in [1.82, 2.24) is 5.32 Å². The number of fused-ring (bicyclic) bond motifs is 1. The van der Waals surface area contributed by atoms with Gasteiger partial charge in [-0.3, -0.25) is 0 Å². The Morgan fingerprint density at radius 3 is 2.22 bits per heavy atom. The summed E-state index contributed by atoms with van der Waals surface area (Å²) in [5, 5.41) is 3.63. The van der Waals surface area contributed by atoms with Crippen molar-refractivity contribution in [2.24, 2.45) is 0 Å². The fourth-order valence-corrected chi connectivity index (χ4v) is 6.01. The number of rotatable bonds is 16. The molecule has 202 valence electrons. The number of esters is 1. The molecular formula is C34H49NO2. The van der Waals surface area contributed by atoms with Crippen LogP contribution < -0.4 is 5.32 Å². The summed E-state index contributed by atoms with van der Waals surface area (Å²) in [7, 11) is 0. The standard InChI is InChI=1S/C34H49NO2/c1-4-6-7-8-9-10-11-12-13-17-24-37-32(36)25-31-30-22-18-19-28(3)33(30)34(23-5-2,27-35-31)26-29-20-15-14-16-21-29/h14-16,18-22,25,35H,4-13,17,23-24,26-27H2,1-3H3/b31-25-. The molecule has 37 heavy (non-hydrogen) atoms. The molecular weight excluding hydrogens is 454 g/mol. The molecule has 1 N–H and O–H groups in total. The molecule has 0 fully saturated rings. The monoisotopic (exact) mass is 503 g/mol. The van der Waals surface area contributed by atoms with E-state index in [4.69, 9.17) is 4.74 Å². The van der Waals surface area contributed by atoms with Crippen LogP contribution in [0.5, 0.6) is 0 Å². The topological polar surface area (TPSA) is 38.3 Å². The van der Waals surface area contributed by atoms with Gasteiger partial charge in [0.1, 0.15) is 0 Å². The van der Waals surface area contributed by atoms with Crippen LogP contribution in [0, 0.1) is 6.92 Å². The molecule has 3 nitrogen and oxygen atoms in total. The van der Waals surface area contributed by atoms with E-state index in [0.717, 1.165) is 49.9 Å². The summed E-state index contributed by atoms with van der Waals surface area (Å²) < 4.78 is 5.60. The number of hydrogen-bond acceptors (Lipinski definition) is 3. The lowest BCUT2D eigenvalue weighted by molar-refractivity contribution is -0.137. The predicted molar refractivity (Wildman–Crippen MR) is 157 cm³/mol. The van der Waals surface area contributed by atoms with Crippen molar-refractivity contribution in [2.75, 3.05) is 13.2 Å². The van der Waals surface area contributed by atoms with Crippen molar-refractivity contribution in [2.45, 2.75) is 110 Å². The first-order chi connectivity index (χ1) is 18.1. The average Bonchev–Trinajstić information content (AvgIpc) is 2.90.